The number of nitrogens with one attached hydrogen (secondary N) is 3. The first-order valence-corrected chi connectivity index (χ1v) is 16.7. The van der Waals surface area contributed by atoms with Crippen LogP contribution in [-0.2, 0) is 27.5 Å². The average molecular weight is 817 g/mol. The predicted molar refractivity (Wildman–Crippen MR) is 185 cm³/mol. The number of para-hydroxylation sites is 1. The van der Waals surface area contributed by atoms with Crippen molar-refractivity contribution < 1.29 is 74.5 Å². The monoisotopic (exact) mass is 816 g/mol. The van der Waals surface area contributed by atoms with Crippen LogP contribution in [0.5, 0.6) is 5.75 Å². The van der Waals surface area contributed by atoms with Crippen molar-refractivity contribution in [3.63, 3.8) is 0 Å². The molecular formula is C37H36F8N4O8. The molecule has 0 saturated heterocycles. The van der Waals surface area contributed by atoms with Gasteiger partial charge in [0.1, 0.15) is 24.0 Å². The van der Waals surface area contributed by atoms with Crippen LogP contribution in [0.15, 0.2) is 72.8 Å². The molecule has 6 N–H and O–H groups in total. The molecule has 12 nitrogen and oxygen atoms in total. The molecule has 0 bridgehead atoms. The number of nitrogens with zero attached hydrogens (tertiary/aromatic N) is 1. The Hall–Kier alpha value is -5.89. The Morgan fingerprint density at radius 1 is 0.842 bits per heavy atom. The second-order valence-corrected chi connectivity index (χ2v) is 12.7. The van der Waals surface area contributed by atoms with Gasteiger partial charge in [-0.25, -0.2) is 23.9 Å². The second-order valence-electron chi connectivity index (χ2n) is 12.7. The van der Waals surface area contributed by atoms with Crippen LogP contribution in [0.4, 0.5) is 35.1 Å². The summed E-state index contributed by atoms with van der Waals surface area (Å²) in [5.41, 5.74) is 4.41. The number of carboxylic acids is 2. The Bertz CT molecular complexity index is 2000. The molecule has 1 heterocycles. The van der Waals surface area contributed by atoms with Gasteiger partial charge >= 0.3 is 24.3 Å². The van der Waals surface area contributed by atoms with E-state index in [0.717, 1.165) is 28.2 Å². The van der Waals surface area contributed by atoms with E-state index in [2.05, 4.69) is 15.6 Å². The molecule has 0 radical (unpaired) electrons. The number of ether oxygens (including phenoxy) is 1. The van der Waals surface area contributed by atoms with Crippen molar-refractivity contribution in [1.29, 1.82) is 0 Å². The van der Waals surface area contributed by atoms with Gasteiger partial charge in [0.25, 0.3) is 5.91 Å². The largest absolute Gasteiger partial charge is 0.490 e. The zero-order chi connectivity index (χ0) is 42.6. The number of rotatable bonds is 10. The normalized spacial score (nSPS) is 16.6. The molecule has 1 saturated carbocycles. The second kappa shape index (κ2) is 19.8. The molecule has 1 aliphatic rings. The summed E-state index contributed by atoms with van der Waals surface area (Å²) in [5, 5.41) is 30.8. The van der Waals surface area contributed by atoms with Crippen LogP contribution in [0.3, 0.4) is 0 Å². The molecule has 0 unspecified atom stereocenters. The van der Waals surface area contributed by atoms with Crippen molar-refractivity contribution in [1.82, 2.24) is 21.1 Å². The van der Waals surface area contributed by atoms with Crippen LogP contribution < -0.4 is 20.9 Å². The van der Waals surface area contributed by atoms with Gasteiger partial charge in [-0.05, 0) is 75.1 Å². The minimum absolute atomic E-state index is 0.0180. The number of alkyl halides is 6. The summed E-state index contributed by atoms with van der Waals surface area (Å²) in [5.74, 6) is -7.08. The summed E-state index contributed by atoms with van der Waals surface area (Å²) in [4.78, 5) is 47.8. The lowest BCUT2D eigenvalue weighted by molar-refractivity contribution is -0.193. The first-order chi connectivity index (χ1) is 26.6. The topological polar surface area (TPSA) is 187 Å². The Kier molecular flexibility index (Phi) is 15.8. The fourth-order valence-electron chi connectivity index (χ4n) is 5.68. The van der Waals surface area contributed by atoms with Gasteiger partial charge in [0, 0.05) is 52.0 Å². The molecule has 1 aliphatic carbocycles. The molecular weight excluding hydrogens is 780 g/mol. The average Bonchev–Trinajstić information content (AvgIpc) is 3.14. The number of hydrogen-bond donors (Lipinski definition) is 6. The molecule has 1 fully saturated rings. The van der Waals surface area contributed by atoms with Crippen LogP contribution in [-0.4, -0.2) is 68.1 Å². The van der Waals surface area contributed by atoms with Gasteiger partial charge < -0.3 is 25.6 Å². The van der Waals surface area contributed by atoms with Crippen LogP contribution in [0.2, 0.25) is 0 Å². The van der Waals surface area contributed by atoms with E-state index in [0.29, 0.717) is 49.2 Å². The lowest BCUT2D eigenvalue weighted by atomic mass is 9.76. The number of carbonyl (C=O) groups is 4. The zero-order valence-electron chi connectivity index (χ0n) is 29.8. The maximum atomic E-state index is 14.0. The number of hydroxylamine groups is 1. The number of carbonyl (C=O) groups excluding carboxylic acids is 2. The third-order valence-corrected chi connectivity index (χ3v) is 8.47. The highest BCUT2D eigenvalue weighted by Gasteiger charge is 2.40. The van der Waals surface area contributed by atoms with Gasteiger partial charge in [-0.2, -0.15) is 26.3 Å². The Labute approximate surface area is 318 Å². The molecule has 2 amide bonds. The number of fused-ring (bicyclic) bond motifs is 1. The molecule has 4 aromatic rings. The summed E-state index contributed by atoms with van der Waals surface area (Å²) in [6, 6.07) is 20.2. The van der Waals surface area contributed by atoms with E-state index in [-0.39, 0.29) is 24.9 Å². The first kappa shape index (κ1) is 45.5. The highest BCUT2D eigenvalue weighted by atomic mass is 19.4. The molecule has 0 atom stereocenters. The van der Waals surface area contributed by atoms with E-state index in [9.17, 15) is 49.9 Å². The quantitative estimate of drug-likeness (QED) is 0.0567. The van der Waals surface area contributed by atoms with Crippen molar-refractivity contribution >= 4 is 34.7 Å². The van der Waals surface area contributed by atoms with Crippen molar-refractivity contribution in [3.8, 4) is 5.75 Å². The third-order valence-electron chi connectivity index (χ3n) is 8.47. The summed E-state index contributed by atoms with van der Waals surface area (Å²) < 4.78 is 96.7. The Morgan fingerprint density at radius 2 is 1.42 bits per heavy atom. The van der Waals surface area contributed by atoms with Gasteiger partial charge in [0.05, 0.1) is 11.9 Å². The van der Waals surface area contributed by atoms with Gasteiger partial charge in [-0.1, -0.05) is 24.3 Å². The van der Waals surface area contributed by atoms with Crippen LogP contribution in [0.1, 0.15) is 59.3 Å². The van der Waals surface area contributed by atoms with Crippen molar-refractivity contribution in [2.24, 2.45) is 0 Å². The van der Waals surface area contributed by atoms with E-state index in [1.54, 1.807) is 29.7 Å². The number of amides is 2. The molecule has 57 heavy (non-hydrogen) atoms. The summed E-state index contributed by atoms with van der Waals surface area (Å²) in [6.07, 6.45) is -8.10. The van der Waals surface area contributed by atoms with Gasteiger partial charge in [0.15, 0.2) is 0 Å². The summed E-state index contributed by atoms with van der Waals surface area (Å²) in [6.45, 7) is 2.52. The molecule has 5 rings (SSSR count). The fourth-order valence-corrected chi connectivity index (χ4v) is 5.68. The molecule has 0 aliphatic heterocycles. The van der Waals surface area contributed by atoms with E-state index in [1.807, 2.05) is 37.3 Å². The van der Waals surface area contributed by atoms with Crippen molar-refractivity contribution in [3.05, 3.63) is 107 Å². The zero-order valence-corrected chi connectivity index (χ0v) is 29.8. The number of aromatic nitrogens is 1. The maximum absolute atomic E-state index is 14.0. The maximum Gasteiger partial charge on any atom is 0.490 e. The number of hydrogen-bond acceptors (Lipinski definition) is 8. The molecule has 308 valence electrons. The van der Waals surface area contributed by atoms with Crippen LogP contribution in [0, 0.1) is 18.6 Å². The smallest absolute Gasteiger partial charge is 0.489 e. The van der Waals surface area contributed by atoms with E-state index < -0.39 is 47.4 Å². The lowest BCUT2D eigenvalue weighted by Gasteiger charge is -2.40. The van der Waals surface area contributed by atoms with E-state index >= 15 is 0 Å². The predicted octanol–water partition coefficient (Wildman–Crippen LogP) is 6.76. The number of pyridine rings is 1. The third kappa shape index (κ3) is 14.3. The van der Waals surface area contributed by atoms with Gasteiger partial charge in [0.2, 0.25) is 5.91 Å². The standard InChI is InChI=1S/C33H34F2N4O4.2C2HF3O2/c1-21-16-24(28-4-2-3-5-30(28)37-21)20-43-27-10-7-22(8-11-27)32(41)38-33(18-31(40)39-42)14-12-26(13-15-33)36-19-23-6-9-25(34)17-29(23)35;2*3-2(4,5)1(6)7/h2-11,16-17,26,36,42H,12-15,18-20H2,1H3,(H,38,41)(H,39,40);2*(H,6,7). The summed E-state index contributed by atoms with van der Waals surface area (Å²) >= 11 is 0. The van der Waals surface area contributed by atoms with Gasteiger partial charge in [-0.3, -0.25) is 19.8 Å². The lowest BCUT2D eigenvalue weighted by Crippen LogP contribution is -2.54. The number of carboxylic acid groups (broad SMARTS) is 2. The number of aryl methyl sites for hydroxylation is 1. The Balaban J connectivity index is 0.000000531. The minimum atomic E-state index is -5.08. The fraction of sp³-hybridized carbons (Fsp3) is 0.324. The minimum Gasteiger partial charge on any atom is -0.489 e. The van der Waals surface area contributed by atoms with Crippen LogP contribution >= 0.6 is 0 Å². The molecule has 1 aromatic heterocycles. The van der Waals surface area contributed by atoms with Crippen LogP contribution in [0.25, 0.3) is 10.9 Å². The summed E-state index contributed by atoms with van der Waals surface area (Å²) in [7, 11) is 0. The van der Waals surface area contributed by atoms with Crippen molar-refractivity contribution in [2.75, 3.05) is 0 Å². The van der Waals surface area contributed by atoms with Gasteiger partial charge in [-0.15, -0.1) is 0 Å². The molecule has 0 spiro atoms. The molecule has 20 heteroatoms. The Morgan fingerprint density at radius 3 is 1.96 bits per heavy atom. The number of aliphatic carboxylic acids is 2. The van der Waals surface area contributed by atoms with E-state index in [1.165, 1.54) is 12.1 Å². The number of halogens is 8. The highest BCUT2D eigenvalue weighted by molar-refractivity contribution is 5.95. The molecule has 3 aromatic carbocycles. The van der Waals surface area contributed by atoms with Crippen molar-refractivity contribution in [2.45, 2.75) is 76.1 Å². The van der Waals surface area contributed by atoms with E-state index in [4.69, 9.17) is 24.5 Å². The number of benzene rings is 3. The SMILES string of the molecule is Cc1cc(COc2ccc(C(=O)NC3(CC(=O)NO)CCC(NCc4ccc(F)cc4F)CC3)cc2)c2ccccc2n1.O=C(O)C(F)(F)F.O=C(O)C(F)(F)F. The first-order valence-electron chi connectivity index (χ1n) is 16.7. The highest BCUT2D eigenvalue weighted by Crippen LogP contribution is 2.32.